The van der Waals surface area contributed by atoms with Crippen LogP contribution < -0.4 is 0 Å². The van der Waals surface area contributed by atoms with E-state index >= 15 is 0 Å². The first-order valence-electron chi connectivity index (χ1n) is 4.08. The lowest BCUT2D eigenvalue weighted by Gasteiger charge is -2.26. The smallest absolute Gasteiger partial charge is 0.308 e. The minimum Gasteiger partial charge on any atom is -0.308 e. The zero-order chi connectivity index (χ0) is 8.32. The predicted octanol–water partition coefficient (Wildman–Crippen LogP) is 2.41. The normalized spacial score (nSPS) is 26.4. The molecule has 3 nitrogen and oxygen atoms in total. The van der Waals surface area contributed by atoms with Crippen LogP contribution in [0.2, 0.25) is 0 Å². The Balaban J connectivity index is 2.56. The monoisotopic (exact) mass is 178 g/mol. The van der Waals surface area contributed by atoms with Gasteiger partial charge in [-0.1, -0.05) is 13.8 Å². The van der Waals surface area contributed by atoms with Crippen LogP contribution in [0.1, 0.15) is 26.7 Å². The summed E-state index contributed by atoms with van der Waals surface area (Å²) in [5, 5.41) is 0. The van der Waals surface area contributed by atoms with Gasteiger partial charge in [0.1, 0.15) is 0 Å². The summed E-state index contributed by atoms with van der Waals surface area (Å²) in [6.07, 6.45) is 1.71. The Morgan fingerprint density at radius 1 is 1.45 bits per heavy atom. The highest BCUT2D eigenvalue weighted by Crippen LogP contribution is 2.55. The second kappa shape index (κ2) is 3.70. The van der Waals surface area contributed by atoms with Crippen LogP contribution in [0.15, 0.2) is 0 Å². The molecule has 0 spiro atoms. The van der Waals surface area contributed by atoms with Crippen molar-refractivity contribution in [3.63, 3.8) is 0 Å². The molecule has 0 radical (unpaired) electrons. The van der Waals surface area contributed by atoms with Gasteiger partial charge < -0.3 is 9.05 Å². The Morgan fingerprint density at radius 3 is 2.45 bits per heavy atom. The summed E-state index contributed by atoms with van der Waals surface area (Å²) in [5.41, 5.74) is 0.0443. The summed E-state index contributed by atoms with van der Waals surface area (Å²) < 4.78 is 22.0. The van der Waals surface area contributed by atoms with Crippen molar-refractivity contribution in [2.24, 2.45) is 0 Å². The Hall–Kier alpha value is 0.150. The second-order valence-electron chi connectivity index (χ2n) is 2.82. The predicted molar refractivity (Wildman–Crippen MR) is 43.9 cm³/mol. The fourth-order valence-electron chi connectivity index (χ4n) is 0.958. The molecule has 1 fully saturated rings. The van der Waals surface area contributed by atoms with Crippen molar-refractivity contribution in [3.8, 4) is 0 Å². The molecule has 1 saturated heterocycles. The first kappa shape index (κ1) is 9.24. The van der Waals surface area contributed by atoms with Gasteiger partial charge in [0.25, 0.3) is 0 Å². The molecule has 1 aliphatic heterocycles. The third kappa shape index (κ3) is 2.05. The Kier molecular flexibility index (Phi) is 3.11. The molecule has 0 N–H and O–H groups in total. The van der Waals surface area contributed by atoms with Gasteiger partial charge in [0.2, 0.25) is 0 Å². The van der Waals surface area contributed by atoms with Crippen molar-refractivity contribution in [1.29, 1.82) is 0 Å². The average Bonchev–Trinajstić information content (AvgIpc) is 2.04. The van der Waals surface area contributed by atoms with E-state index in [0.717, 1.165) is 12.8 Å². The van der Waals surface area contributed by atoms with Crippen LogP contribution in [0.3, 0.4) is 0 Å². The van der Waals surface area contributed by atoms with Crippen molar-refractivity contribution in [2.45, 2.75) is 32.3 Å². The van der Waals surface area contributed by atoms with Gasteiger partial charge in [-0.3, -0.25) is 4.57 Å². The zero-order valence-corrected chi connectivity index (χ0v) is 7.97. The minimum absolute atomic E-state index is 0.0443. The Morgan fingerprint density at radius 2 is 2.00 bits per heavy atom. The second-order valence-corrected chi connectivity index (χ2v) is 5.29. The number of hydrogen-bond acceptors (Lipinski definition) is 3. The van der Waals surface area contributed by atoms with Crippen molar-refractivity contribution < 1.29 is 13.6 Å². The molecule has 0 saturated carbocycles. The molecule has 0 aromatic rings. The van der Waals surface area contributed by atoms with Crippen molar-refractivity contribution in [3.05, 3.63) is 0 Å². The average molecular weight is 178 g/mol. The number of rotatable bonds is 2. The maximum atomic E-state index is 11.7. The van der Waals surface area contributed by atoms with E-state index < -0.39 is 7.60 Å². The van der Waals surface area contributed by atoms with Crippen LogP contribution >= 0.6 is 7.60 Å². The van der Waals surface area contributed by atoms with Crippen molar-refractivity contribution >= 4 is 7.60 Å². The van der Waals surface area contributed by atoms with E-state index in [2.05, 4.69) is 0 Å². The summed E-state index contributed by atoms with van der Waals surface area (Å²) in [7, 11) is -2.70. The Bertz CT molecular complexity index is 159. The molecule has 0 aromatic heterocycles. The van der Waals surface area contributed by atoms with Gasteiger partial charge in [-0.2, -0.15) is 0 Å². The van der Waals surface area contributed by atoms with Gasteiger partial charge in [0.05, 0.1) is 18.9 Å². The molecule has 0 aromatic carbocycles. The molecule has 11 heavy (non-hydrogen) atoms. The molecule has 1 heterocycles. The third-order valence-corrected chi connectivity index (χ3v) is 4.49. The van der Waals surface area contributed by atoms with E-state index in [0.29, 0.717) is 13.2 Å². The highest BCUT2D eigenvalue weighted by molar-refractivity contribution is 7.54. The van der Waals surface area contributed by atoms with Crippen LogP contribution in [-0.4, -0.2) is 18.9 Å². The first-order valence-corrected chi connectivity index (χ1v) is 5.69. The van der Waals surface area contributed by atoms with E-state index in [1.807, 2.05) is 13.8 Å². The first-order chi connectivity index (χ1) is 5.19. The largest absolute Gasteiger partial charge is 0.333 e. The highest BCUT2D eigenvalue weighted by atomic mass is 31.2. The molecular weight excluding hydrogens is 163 g/mol. The highest BCUT2D eigenvalue weighted by Gasteiger charge is 2.33. The molecule has 0 unspecified atom stereocenters. The fourth-order valence-corrected chi connectivity index (χ4v) is 2.76. The summed E-state index contributed by atoms with van der Waals surface area (Å²) in [6, 6.07) is 0. The van der Waals surface area contributed by atoms with Gasteiger partial charge in [-0.05, 0) is 12.8 Å². The zero-order valence-electron chi connectivity index (χ0n) is 7.08. The van der Waals surface area contributed by atoms with E-state index in [1.165, 1.54) is 0 Å². The molecule has 66 valence electrons. The summed E-state index contributed by atoms with van der Waals surface area (Å²) in [5.74, 6) is 0. The van der Waals surface area contributed by atoms with Crippen molar-refractivity contribution in [1.82, 2.24) is 0 Å². The van der Waals surface area contributed by atoms with Gasteiger partial charge in [-0.15, -0.1) is 0 Å². The van der Waals surface area contributed by atoms with E-state index in [4.69, 9.17) is 9.05 Å². The van der Waals surface area contributed by atoms with Crippen LogP contribution in [0.25, 0.3) is 0 Å². The fraction of sp³-hybridized carbons (Fsp3) is 1.00. The maximum Gasteiger partial charge on any atom is 0.333 e. The molecular formula is C7H15O3P. The standard InChI is InChI=1S/C7H15O3P/c1-3-7(2)11(8)9-5-4-6-10-11/h7H,3-6H2,1-2H3/t7-/m1/s1. The lowest BCUT2D eigenvalue weighted by atomic mass is 10.4. The van der Waals surface area contributed by atoms with Gasteiger partial charge in [-0.25, -0.2) is 0 Å². The maximum absolute atomic E-state index is 11.7. The van der Waals surface area contributed by atoms with Gasteiger partial charge >= 0.3 is 7.60 Å². The number of hydrogen-bond donors (Lipinski definition) is 0. The molecule has 1 aliphatic rings. The van der Waals surface area contributed by atoms with Crippen LogP contribution in [0.4, 0.5) is 0 Å². The van der Waals surface area contributed by atoms with Gasteiger partial charge in [0.15, 0.2) is 0 Å². The van der Waals surface area contributed by atoms with Gasteiger partial charge in [0, 0.05) is 0 Å². The van der Waals surface area contributed by atoms with Crippen LogP contribution in [-0.2, 0) is 13.6 Å². The molecule has 4 heteroatoms. The minimum atomic E-state index is -2.70. The van der Waals surface area contributed by atoms with Crippen molar-refractivity contribution in [2.75, 3.05) is 13.2 Å². The summed E-state index contributed by atoms with van der Waals surface area (Å²) in [6.45, 7) is 5.07. The lowest BCUT2D eigenvalue weighted by Crippen LogP contribution is -2.15. The van der Waals surface area contributed by atoms with E-state index in [9.17, 15) is 4.57 Å². The van der Waals surface area contributed by atoms with Crippen LogP contribution in [0.5, 0.6) is 0 Å². The molecule has 0 bridgehead atoms. The van der Waals surface area contributed by atoms with E-state index in [-0.39, 0.29) is 5.66 Å². The quantitative estimate of drug-likeness (QED) is 0.609. The molecule has 0 aliphatic carbocycles. The Labute approximate surface area is 67.6 Å². The summed E-state index contributed by atoms with van der Waals surface area (Å²) >= 11 is 0. The SMILES string of the molecule is CC[C@@H](C)P1(=O)OCCCO1. The molecule has 0 amide bonds. The lowest BCUT2D eigenvalue weighted by molar-refractivity contribution is 0.141. The molecule has 1 atom stereocenters. The summed E-state index contributed by atoms with van der Waals surface area (Å²) in [4.78, 5) is 0. The third-order valence-electron chi connectivity index (χ3n) is 1.96. The van der Waals surface area contributed by atoms with Crippen LogP contribution in [0, 0.1) is 0 Å². The topological polar surface area (TPSA) is 35.5 Å². The molecule has 1 rings (SSSR count). The van der Waals surface area contributed by atoms with E-state index in [1.54, 1.807) is 0 Å².